The highest BCUT2D eigenvalue weighted by molar-refractivity contribution is 6.11. The Kier molecular flexibility index (Phi) is 5.68. The fourth-order valence-corrected chi connectivity index (χ4v) is 5.06. The van der Waals surface area contributed by atoms with Crippen molar-refractivity contribution in [1.82, 2.24) is 9.88 Å². The molecule has 1 amide bonds. The third kappa shape index (κ3) is 3.68. The van der Waals surface area contributed by atoms with Gasteiger partial charge in [-0.1, -0.05) is 31.5 Å². The Morgan fingerprint density at radius 1 is 1.12 bits per heavy atom. The highest BCUT2D eigenvalue weighted by Crippen LogP contribution is 2.47. The summed E-state index contributed by atoms with van der Waals surface area (Å²) in [6.07, 6.45) is 7.94. The number of carbonyl (C=O) groups is 2. The summed E-state index contributed by atoms with van der Waals surface area (Å²) in [5.41, 5.74) is 2.32. The molecule has 1 aromatic carbocycles. The summed E-state index contributed by atoms with van der Waals surface area (Å²) >= 11 is 0. The summed E-state index contributed by atoms with van der Waals surface area (Å²) in [6, 6.07) is 11.1. The van der Waals surface area contributed by atoms with Gasteiger partial charge in [0.25, 0.3) is 5.91 Å². The van der Waals surface area contributed by atoms with Crippen LogP contribution in [0.3, 0.4) is 0 Å². The molecule has 32 heavy (non-hydrogen) atoms. The number of hydrogen-bond donors (Lipinski definition) is 0. The fraction of sp³-hybridized carbons (Fsp3) is 0.423. The van der Waals surface area contributed by atoms with E-state index in [4.69, 9.17) is 9.47 Å². The number of Topliss-reactive ketones (excluding diaryl/α,β-unsaturated/α-hetero) is 1. The van der Waals surface area contributed by atoms with E-state index in [0.29, 0.717) is 18.7 Å². The zero-order valence-electron chi connectivity index (χ0n) is 18.3. The van der Waals surface area contributed by atoms with Gasteiger partial charge >= 0.3 is 0 Å². The Bertz CT molecular complexity index is 1030. The number of hydrogen-bond acceptors (Lipinski definition) is 5. The molecule has 0 bridgehead atoms. The topological polar surface area (TPSA) is 68.7 Å². The third-order valence-electron chi connectivity index (χ3n) is 6.60. The van der Waals surface area contributed by atoms with Crippen LogP contribution in [0.4, 0.5) is 0 Å². The van der Waals surface area contributed by atoms with Gasteiger partial charge in [0.2, 0.25) is 0 Å². The second-order valence-electron chi connectivity index (χ2n) is 8.77. The van der Waals surface area contributed by atoms with Crippen molar-refractivity contribution in [3.8, 4) is 5.75 Å². The molecular formula is C26H28N2O4. The van der Waals surface area contributed by atoms with E-state index >= 15 is 0 Å². The largest absolute Gasteiger partial charge is 0.494 e. The minimum Gasteiger partial charge on any atom is -0.494 e. The molecule has 2 aromatic rings. The molecule has 0 radical (unpaired) electrons. The lowest BCUT2D eigenvalue weighted by Gasteiger charge is -2.35. The van der Waals surface area contributed by atoms with Gasteiger partial charge in [0.15, 0.2) is 11.5 Å². The molecule has 6 nitrogen and oxygen atoms in total. The van der Waals surface area contributed by atoms with Crippen molar-refractivity contribution in [1.29, 1.82) is 0 Å². The van der Waals surface area contributed by atoms with Crippen LogP contribution in [-0.4, -0.2) is 34.3 Å². The van der Waals surface area contributed by atoms with Gasteiger partial charge in [0.05, 0.1) is 24.1 Å². The minimum absolute atomic E-state index is 0.0781. The molecule has 2 aliphatic heterocycles. The Labute approximate surface area is 188 Å². The van der Waals surface area contributed by atoms with Crippen LogP contribution in [0.25, 0.3) is 0 Å². The molecule has 3 unspecified atom stereocenters. The van der Waals surface area contributed by atoms with E-state index in [1.807, 2.05) is 36.4 Å². The molecule has 3 aliphatic rings. The van der Waals surface area contributed by atoms with E-state index in [0.717, 1.165) is 49.0 Å². The summed E-state index contributed by atoms with van der Waals surface area (Å²) in [5.74, 6) is 0.750. The first-order chi connectivity index (χ1) is 15.7. The second-order valence-corrected chi connectivity index (χ2v) is 8.77. The quantitative estimate of drug-likeness (QED) is 0.678. The summed E-state index contributed by atoms with van der Waals surface area (Å²) in [7, 11) is 0. The van der Waals surface area contributed by atoms with Gasteiger partial charge < -0.3 is 14.4 Å². The first-order valence-corrected chi connectivity index (χ1v) is 11.5. The van der Waals surface area contributed by atoms with Gasteiger partial charge in [0.1, 0.15) is 11.9 Å². The van der Waals surface area contributed by atoms with Crippen LogP contribution in [0.2, 0.25) is 0 Å². The van der Waals surface area contributed by atoms with Gasteiger partial charge in [-0.3, -0.25) is 14.6 Å². The van der Waals surface area contributed by atoms with Crippen molar-refractivity contribution in [2.75, 3.05) is 6.61 Å². The van der Waals surface area contributed by atoms with Crippen molar-refractivity contribution >= 4 is 11.7 Å². The van der Waals surface area contributed by atoms with E-state index in [2.05, 4.69) is 11.9 Å². The lowest BCUT2D eigenvalue weighted by Crippen LogP contribution is -2.39. The van der Waals surface area contributed by atoms with Crippen molar-refractivity contribution in [3.63, 3.8) is 0 Å². The minimum atomic E-state index is -0.465. The monoisotopic (exact) mass is 432 g/mol. The van der Waals surface area contributed by atoms with Crippen LogP contribution in [0.15, 0.2) is 60.1 Å². The number of carbonyl (C=O) groups excluding carboxylic acids is 2. The molecule has 1 fully saturated rings. The van der Waals surface area contributed by atoms with E-state index < -0.39 is 6.04 Å². The predicted molar refractivity (Wildman–Crippen MR) is 119 cm³/mol. The smallest absolute Gasteiger partial charge is 0.290 e. The van der Waals surface area contributed by atoms with Crippen LogP contribution in [0, 0.1) is 5.92 Å². The molecular weight excluding hydrogens is 404 g/mol. The molecule has 0 spiro atoms. The lowest BCUT2D eigenvalue weighted by molar-refractivity contribution is -0.135. The van der Waals surface area contributed by atoms with E-state index in [1.54, 1.807) is 17.3 Å². The Morgan fingerprint density at radius 3 is 2.69 bits per heavy atom. The first-order valence-electron chi connectivity index (χ1n) is 11.5. The highest BCUT2D eigenvalue weighted by Gasteiger charge is 2.51. The molecule has 1 aliphatic carbocycles. The zero-order chi connectivity index (χ0) is 22.1. The molecule has 0 saturated heterocycles. The van der Waals surface area contributed by atoms with E-state index in [1.165, 1.54) is 0 Å². The Morgan fingerprint density at radius 2 is 1.94 bits per heavy atom. The van der Waals surface area contributed by atoms with Crippen LogP contribution >= 0.6 is 0 Å². The molecule has 1 saturated carbocycles. The number of fused-ring (bicyclic) bond motifs is 1. The second kappa shape index (κ2) is 8.77. The van der Waals surface area contributed by atoms with Gasteiger partial charge in [-0.05, 0) is 55.0 Å². The zero-order valence-corrected chi connectivity index (χ0v) is 18.3. The van der Waals surface area contributed by atoms with Crippen LogP contribution in [0.5, 0.6) is 5.75 Å². The molecule has 0 N–H and O–H groups in total. The number of ketones is 1. The Balaban J connectivity index is 1.53. The molecule has 5 rings (SSSR count). The van der Waals surface area contributed by atoms with E-state index in [-0.39, 0.29) is 29.5 Å². The van der Waals surface area contributed by atoms with Crippen molar-refractivity contribution < 1.29 is 19.1 Å². The fourth-order valence-electron chi connectivity index (χ4n) is 5.06. The van der Waals surface area contributed by atoms with Gasteiger partial charge in [-0.15, -0.1) is 0 Å². The van der Waals surface area contributed by atoms with Crippen molar-refractivity contribution in [3.05, 3.63) is 71.3 Å². The van der Waals surface area contributed by atoms with Crippen LogP contribution in [-0.2, 0) is 20.9 Å². The normalized spacial score (nSPS) is 24.8. The van der Waals surface area contributed by atoms with Crippen molar-refractivity contribution in [2.24, 2.45) is 5.92 Å². The average molecular weight is 433 g/mol. The molecule has 1 aromatic heterocycles. The number of amides is 1. The van der Waals surface area contributed by atoms with Crippen LogP contribution < -0.4 is 4.74 Å². The SMILES string of the molecule is CCCOc1ccc(C2C3=C(OC4CCCCC4C3=O)C(=O)N2Cc2cccnc2)cc1. The van der Waals surface area contributed by atoms with E-state index in [9.17, 15) is 9.59 Å². The summed E-state index contributed by atoms with van der Waals surface area (Å²) in [5, 5.41) is 0. The average Bonchev–Trinajstić information content (AvgIpc) is 3.10. The number of pyridine rings is 1. The van der Waals surface area contributed by atoms with Gasteiger partial charge in [0, 0.05) is 18.9 Å². The number of benzene rings is 1. The van der Waals surface area contributed by atoms with Crippen molar-refractivity contribution in [2.45, 2.75) is 57.7 Å². The molecule has 3 atom stereocenters. The number of ether oxygens (including phenoxy) is 2. The molecule has 6 heteroatoms. The lowest BCUT2D eigenvalue weighted by atomic mass is 9.77. The standard InChI is InChI=1S/C26H28N2O4/c1-2-14-31-19-11-9-18(10-12-19)23-22-24(29)20-7-3-4-8-21(20)32-25(22)26(30)28(23)16-17-6-5-13-27-15-17/h5-6,9-13,15,20-21,23H,2-4,7-8,14,16H2,1H3. The maximum Gasteiger partial charge on any atom is 0.290 e. The summed E-state index contributed by atoms with van der Waals surface area (Å²) in [6.45, 7) is 3.08. The maximum absolute atomic E-state index is 13.6. The molecule has 166 valence electrons. The van der Waals surface area contributed by atoms with Gasteiger partial charge in [-0.2, -0.15) is 0 Å². The number of rotatable bonds is 6. The summed E-state index contributed by atoms with van der Waals surface area (Å²) in [4.78, 5) is 33.1. The maximum atomic E-state index is 13.6. The summed E-state index contributed by atoms with van der Waals surface area (Å²) < 4.78 is 11.9. The highest BCUT2D eigenvalue weighted by atomic mass is 16.5. The van der Waals surface area contributed by atoms with Gasteiger partial charge in [-0.25, -0.2) is 0 Å². The number of nitrogens with zero attached hydrogens (tertiary/aromatic N) is 2. The first kappa shape index (κ1) is 20.7. The predicted octanol–water partition coefficient (Wildman–Crippen LogP) is 4.37. The number of aromatic nitrogens is 1. The van der Waals surface area contributed by atoms with Crippen LogP contribution in [0.1, 0.15) is 56.2 Å². The Hall–Kier alpha value is -3.15. The third-order valence-corrected chi connectivity index (χ3v) is 6.60. The molecule has 3 heterocycles.